The summed E-state index contributed by atoms with van der Waals surface area (Å²) in [7, 11) is 0. The van der Waals surface area contributed by atoms with Crippen molar-refractivity contribution in [2.45, 2.75) is 24.2 Å². The summed E-state index contributed by atoms with van der Waals surface area (Å²) in [6, 6.07) is 7.77. The second kappa shape index (κ2) is 6.08. The average molecular weight is 295 g/mol. The zero-order valence-corrected chi connectivity index (χ0v) is 10.7. The number of carbonyl (C=O) groups is 1. The molecule has 1 aliphatic rings. The van der Waals surface area contributed by atoms with Gasteiger partial charge in [0, 0.05) is 4.91 Å². The van der Waals surface area contributed by atoms with E-state index >= 15 is 0 Å². The first kappa shape index (κ1) is 15.2. The summed E-state index contributed by atoms with van der Waals surface area (Å²) in [6.45, 7) is -0.649. The highest BCUT2D eigenvalue weighted by Crippen LogP contribution is 2.34. The first-order chi connectivity index (χ1) is 10.0. The van der Waals surface area contributed by atoms with Crippen molar-refractivity contribution >= 4 is 5.97 Å². The van der Waals surface area contributed by atoms with E-state index in [9.17, 15) is 15.0 Å². The minimum Gasteiger partial charge on any atom is -0.420 e. The zero-order valence-electron chi connectivity index (χ0n) is 10.7. The van der Waals surface area contributed by atoms with E-state index < -0.39 is 36.8 Å². The van der Waals surface area contributed by atoms with Crippen LogP contribution < -0.4 is 0 Å². The van der Waals surface area contributed by atoms with Crippen molar-refractivity contribution in [3.8, 4) is 0 Å². The minimum atomic E-state index is -2.42. The molecule has 9 heteroatoms. The predicted octanol–water partition coefficient (Wildman–Crippen LogP) is -0.0796. The van der Waals surface area contributed by atoms with Crippen LogP contribution >= 0.6 is 0 Å². The number of aliphatic hydroxyl groups excluding tert-OH is 3. The summed E-state index contributed by atoms with van der Waals surface area (Å²) in [5.41, 5.74) is 8.71. The Labute approximate surface area is 119 Å². The molecule has 1 aliphatic heterocycles. The van der Waals surface area contributed by atoms with Crippen LogP contribution in [0.1, 0.15) is 10.4 Å². The molecule has 1 saturated heterocycles. The molecule has 112 valence electrons. The van der Waals surface area contributed by atoms with Gasteiger partial charge in [-0.1, -0.05) is 18.2 Å². The number of aliphatic hydroxyl groups is 3. The highest BCUT2D eigenvalue weighted by molar-refractivity contribution is 5.89. The van der Waals surface area contributed by atoms with Crippen molar-refractivity contribution in [2.75, 3.05) is 6.61 Å². The van der Waals surface area contributed by atoms with Gasteiger partial charge in [-0.3, -0.25) is 0 Å². The van der Waals surface area contributed by atoms with Crippen molar-refractivity contribution < 1.29 is 29.6 Å². The molecule has 3 N–H and O–H groups in total. The summed E-state index contributed by atoms with van der Waals surface area (Å²) in [5, 5.41) is 31.8. The third-order valence-electron chi connectivity index (χ3n) is 3.01. The van der Waals surface area contributed by atoms with Crippen molar-refractivity contribution in [1.82, 2.24) is 0 Å². The van der Waals surface area contributed by atoms with Gasteiger partial charge in [0.2, 0.25) is 0 Å². The second-order valence-electron chi connectivity index (χ2n) is 4.35. The van der Waals surface area contributed by atoms with Gasteiger partial charge in [-0.2, -0.15) is 0 Å². The fourth-order valence-electron chi connectivity index (χ4n) is 1.94. The number of azide groups is 1. The molecule has 1 fully saturated rings. The maximum absolute atomic E-state index is 12.0. The lowest BCUT2D eigenvalue weighted by molar-refractivity contribution is -0.225. The van der Waals surface area contributed by atoms with Gasteiger partial charge in [0.25, 0.3) is 0 Å². The number of benzene rings is 1. The van der Waals surface area contributed by atoms with Gasteiger partial charge in [-0.15, -0.1) is 0 Å². The minimum absolute atomic E-state index is 0.141. The first-order valence-electron chi connectivity index (χ1n) is 6.03. The lowest BCUT2D eigenvalue weighted by atomic mass is 10.1. The molecule has 0 aromatic heterocycles. The highest BCUT2D eigenvalue weighted by Gasteiger charge is 2.57. The Bertz CT molecular complexity index is 561. The largest absolute Gasteiger partial charge is 0.420 e. The topological polar surface area (TPSA) is 145 Å². The maximum Gasteiger partial charge on any atom is 0.340 e. The summed E-state index contributed by atoms with van der Waals surface area (Å²) in [4.78, 5) is 14.4. The summed E-state index contributed by atoms with van der Waals surface area (Å²) < 4.78 is 9.98. The van der Waals surface area contributed by atoms with Crippen LogP contribution in [0.3, 0.4) is 0 Å². The Morgan fingerprint density at radius 1 is 1.43 bits per heavy atom. The molecule has 1 aromatic rings. The van der Waals surface area contributed by atoms with Crippen molar-refractivity contribution in [1.29, 1.82) is 0 Å². The van der Waals surface area contributed by atoms with Crippen LogP contribution in [0.25, 0.3) is 10.4 Å². The summed E-state index contributed by atoms with van der Waals surface area (Å²) in [5.74, 6) is -3.33. The summed E-state index contributed by atoms with van der Waals surface area (Å²) >= 11 is 0. The van der Waals surface area contributed by atoms with Gasteiger partial charge in [0.05, 0.1) is 12.2 Å². The van der Waals surface area contributed by atoms with Gasteiger partial charge >= 0.3 is 11.9 Å². The van der Waals surface area contributed by atoms with E-state index in [0.717, 1.165) is 0 Å². The van der Waals surface area contributed by atoms with Gasteiger partial charge < -0.3 is 24.8 Å². The molecule has 0 aliphatic carbocycles. The highest BCUT2D eigenvalue weighted by atomic mass is 16.8. The molecule has 1 heterocycles. The third kappa shape index (κ3) is 2.82. The molecular weight excluding hydrogens is 282 g/mol. The van der Waals surface area contributed by atoms with Crippen LogP contribution in [0.4, 0.5) is 0 Å². The molecule has 21 heavy (non-hydrogen) atoms. The van der Waals surface area contributed by atoms with E-state index in [1.165, 1.54) is 12.1 Å². The van der Waals surface area contributed by atoms with Crippen LogP contribution in [-0.2, 0) is 9.47 Å². The first-order valence-corrected chi connectivity index (χ1v) is 6.03. The Morgan fingerprint density at radius 3 is 2.62 bits per heavy atom. The van der Waals surface area contributed by atoms with Crippen molar-refractivity contribution in [2.24, 2.45) is 5.11 Å². The molecule has 0 saturated carbocycles. The van der Waals surface area contributed by atoms with E-state index in [2.05, 4.69) is 10.0 Å². The monoisotopic (exact) mass is 295 g/mol. The van der Waals surface area contributed by atoms with Crippen LogP contribution in [0.2, 0.25) is 0 Å². The molecule has 1 aromatic carbocycles. The molecular formula is C12H13N3O6. The molecule has 0 unspecified atom stereocenters. The van der Waals surface area contributed by atoms with Gasteiger partial charge in [0.15, 0.2) is 6.10 Å². The number of carbonyl (C=O) groups excluding carboxylic acids is 1. The lowest BCUT2D eigenvalue weighted by Gasteiger charge is -2.26. The number of rotatable bonds is 4. The van der Waals surface area contributed by atoms with Crippen molar-refractivity contribution in [3.63, 3.8) is 0 Å². The smallest absolute Gasteiger partial charge is 0.340 e. The normalized spacial score (nSPS) is 31.5. The van der Waals surface area contributed by atoms with Crippen LogP contribution in [0, 0.1) is 0 Å². The number of hydrogen-bond acceptors (Lipinski definition) is 7. The molecule has 4 atom stereocenters. The Morgan fingerprint density at radius 2 is 2.10 bits per heavy atom. The second-order valence-corrected chi connectivity index (χ2v) is 4.35. The van der Waals surface area contributed by atoms with E-state index in [0.29, 0.717) is 0 Å². The fraction of sp³-hybridized carbons (Fsp3) is 0.417. The summed E-state index contributed by atoms with van der Waals surface area (Å²) in [6.07, 6.45) is -4.63. The standard InChI is InChI=1S/C12H13N3O6/c13-15-14-12(10(18)9(17)8(6-16)20-12)21-11(19)7-4-2-1-3-5-7/h1-5,8-10,16-18H,6H2/t8-,9-,10-,12+/m1/s1. The third-order valence-corrected chi connectivity index (χ3v) is 3.01. The molecule has 0 bridgehead atoms. The van der Waals surface area contributed by atoms with E-state index in [1.54, 1.807) is 18.2 Å². The Hall–Kier alpha value is -2.16. The van der Waals surface area contributed by atoms with E-state index in [-0.39, 0.29) is 5.56 Å². The average Bonchev–Trinajstić information content (AvgIpc) is 2.73. The molecule has 2 rings (SSSR count). The van der Waals surface area contributed by atoms with Crippen LogP contribution in [-0.4, -0.2) is 52.1 Å². The molecule has 0 spiro atoms. The number of nitrogens with zero attached hydrogens (tertiary/aromatic N) is 3. The molecule has 0 radical (unpaired) electrons. The van der Waals surface area contributed by atoms with Crippen LogP contribution in [0.5, 0.6) is 0 Å². The van der Waals surface area contributed by atoms with Gasteiger partial charge in [-0.05, 0) is 22.8 Å². The van der Waals surface area contributed by atoms with Gasteiger partial charge in [-0.25, -0.2) is 4.79 Å². The Balaban J connectivity index is 2.28. The van der Waals surface area contributed by atoms with Gasteiger partial charge in [0.1, 0.15) is 12.2 Å². The number of hydrogen-bond donors (Lipinski definition) is 3. The number of esters is 1. The number of ether oxygens (including phenoxy) is 2. The lowest BCUT2D eigenvalue weighted by Crippen LogP contribution is -2.45. The van der Waals surface area contributed by atoms with E-state index in [1.807, 2.05) is 0 Å². The molecule has 0 amide bonds. The van der Waals surface area contributed by atoms with Crippen LogP contribution in [0.15, 0.2) is 35.4 Å². The predicted molar refractivity (Wildman–Crippen MR) is 67.7 cm³/mol. The zero-order chi connectivity index (χ0) is 15.5. The SMILES string of the molecule is [N-]=[N+]=N[C@]1(OC(=O)c2ccccc2)O[C@H](CO)[C@@H](O)[C@H]1O. The van der Waals surface area contributed by atoms with E-state index in [4.69, 9.17) is 20.1 Å². The fourth-order valence-corrected chi connectivity index (χ4v) is 1.94. The Kier molecular flexibility index (Phi) is 4.41. The van der Waals surface area contributed by atoms with Crippen molar-refractivity contribution in [3.05, 3.63) is 46.3 Å². The molecule has 9 nitrogen and oxygen atoms in total. The maximum atomic E-state index is 12.0. The quantitative estimate of drug-likeness (QED) is 0.306.